The molecule has 1 aromatic carbocycles. The van der Waals surface area contributed by atoms with E-state index in [0.29, 0.717) is 17.2 Å². The first kappa shape index (κ1) is 23.8. The van der Waals surface area contributed by atoms with Gasteiger partial charge in [-0.3, -0.25) is 4.68 Å². The zero-order valence-electron chi connectivity index (χ0n) is 17.9. The van der Waals surface area contributed by atoms with Crippen LogP contribution in [0.15, 0.2) is 18.2 Å². The van der Waals surface area contributed by atoms with Gasteiger partial charge >= 0.3 is 0 Å². The van der Waals surface area contributed by atoms with Crippen LogP contribution in [0.25, 0.3) is 0 Å². The van der Waals surface area contributed by atoms with Gasteiger partial charge in [0.25, 0.3) is 0 Å². The largest absolute Gasteiger partial charge is 0.495 e. The maximum atomic E-state index is 10.3. The Hall–Kier alpha value is -1.88. The molecule has 1 aliphatic heterocycles. The van der Waals surface area contributed by atoms with E-state index in [4.69, 9.17) is 25.8 Å². The molecule has 31 heavy (non-hydrogen) atoms. The lowest BCUT2D eigenvalue weighted by Gasteiger charge is -2.39. The summed E-state index contributed by atoms with van der Waals surface area (Å²) in [6, 6.07) is 5.50. The molecule has 0 aliphatic carbocycles. The molecule has 1 fully saturated rings. The van der Waals surface area contributed by atoms with Crippen LogP contribution in [0.1, 0.15) is 36.7 Å². The Balaban J connectivity index is 1.93. The first-order valence-electron chi connectivity index (χ1n) is 10.1. The van der Waals surface area contributed by atoms with Crippen molar-refractivity contribution >= 4 is 11.6 Å². The number of benzene rings is 1. The van der Waals surface area contributed by atoms with Crippen molar-refractivity contribution in [1.29, 1.82) is 0 Å². The molecule has 10 heteroatoms. The minimum absolute atomic E-state index is 0.0466. The molecular weight excluding hydrogens is 428 g/mol. The van der Waals surface area contributed by atoms with E-state index in [1.165, 1.54) is 0 Å². The molecule has 0 spiro atoms. The van der Waals surface area contributed by atoms with E-state index in [1.807, 2.05) is 26.8 Å². The van der Waals surface area contributed by atoms with Crippen molar-refractivity contribution in [2.75, 3.05) is 13.7 Å². The molecule has 2 heterocycles. The van der Waals surface area contributed by atoms with Gasteiger partial charge in [0.1, 0.15) is 30.2 Å². The number of nitrogens with zero attached hydrogens (tertiary/aromatic N) is 2. The van der Waals surface area contributed by atoms with E-state index < -0.39 is 37.3 Å². The molecule has 1 aromatic heterocycles. The normalized spacial score (nSPS) is 26.3. The zero-order valence-corrected chi connectivity index (χ0v) is 18.7. The molecule has 3 rings (SSSR count). The predicted molar refractivity (Wildman–Crippen MR) is 113 cm³/mol. The minimum Gasteiger partial charge on any atom is -0.495 e. The summed E-state index contributed by atoms with van der Waals surface area (Å²) >= 11 is 6.26. The summed E-state index contributed by atoms with van der Waals surface area (Å²) in [5.74, 6) is 0.792. The van der Waals surface area contributed by atoms with Gasteiger partial charge < -0.3 is 34.6 Å². The van der Waals surface area contributed by atoms with Crippen LogP contribution in [0, 0.1) is 6.92 Å². The van der Waals surface area contributed by atoms with E-state index in [1.54, 1.807) is 23.9 Å². The molecular formula is C21H29ClN2O7. The Morgan fingerprint density at radius 1 is 1.19 bits per heavy atom. The Morgan fingerprint density at radius 3 is 2.48 bits per heavy atom. The quantitative estimate of drug-likeness (QED) is 0.489. The molecule has 172 valence electrons. The number of aliphatic hydroxyl groups is 4. The molecule has 1 saturated heterocycles. The molecule has 0 radical (unpaired) electrons. The number of ether oxygens (including phenoxy) is 3. The van der Waals surface area contributed by atoms with Crippen LogP contribution >= 0.6 is 11.6 Å². The van der Waals surface area contributed by atoms with Crippen LogP contribution < -0.4 is 9.47 Å². The molecule has 1 aliphatic rings. The molecule has 9 nitrogen and oxygen atoms in total. The highest BCUT2D eigenvalue weighted by Crippen LogP contribution is 2.32. The summed E-state index contributed by atoms with van der Waals surface area (Å²) in [6.07, 6.45) is -6.46. The maximum absolute atomic E-state index is 10.3. The van der Waals surface area contributed by atoms with Gasteiger partial charge in [-0.15, -0.1) is 5.10 Å². The van der Waals surface area contributed by atoms with Crippen molar-refractivity contribution in [3.05, 3.63) is 40.0 Å². The number of hydrogen-bond acceptors (Lipinski definition) is 8. The molecule has 0 amide bonds. The van der Waals surface area contributed by atoms with Crippen molar-refractivity contribution in [3.63, 3.8) is 0 Å². The molecule has 0 saturated carbocycles. The van der Waals surface area contributed by atoms with E-state index in [0.717, 1.165) is 16.8 Å². The van der Waals surface area contributed by atoms with Gasteiger partial charge in [-0.1, -0.05) is 17.7 Å². The SMILES string of the molecule is COc1ccc(Cc2c(O[C@@H]3OC(CO)[C@@H](O)[C@H](O)[C@H]3O)nn(C(C)C)c2C)cc1Cl. The summed E-state index contributed by atoms with van der Waals surface area (Å²) < 4.78 is 18.3. The lowest BCUT2D eigenvalue weighted by Crippen LogP contribution is -2.60. The van der Waals surface area contributed by atoms with Crippen molar-refractivity contribution in [2.24, 2.45) is 0 Å². The molecule has 5 atom stereocenters. The van der Waals surface area contributed by atoms with Gasteiger partial charge in [0, 0.05) is 23.7 Å². The average Bonchev–Trinajstić information content (AvgIpc) is 3.04. The lowest BCUT2D eigenvalue weighted by atomic mass is 9.99. The first-order valence-corrected chi connectivity index (χ1v) is 10.4. The van der Waals surface area contributed by atoms with Gasteiger partial charge in [0.05, 0.1) is 18.7 Å². The molecule has 4 N–H and O–H groups in total. The summed E-state index contributed by atoms with van der Waals surface area (Å²) in [4.78, 5) is 0. The number of rotatable bonds is 7. The predicted octanol–water partition coefficient (Wildman–Crippen LogP) is 1.20. The van der Waals surface area contributed by atoms with Crippen molar-refractivity contribution in [2.45, 2.75) is 63.9 Å². The standard InChI is InChI=1S/C21H29ClN2O7/c1-10(2)24-11(3)13(7-12-5-6-15(29-4)14(22)8-12)20(23-24)31-21-19(28)18(27)17(26)16(9-25)30-21/h5-6,8,10,16-19,21,25-28H,7,9H2,1-4H3/t16?,17-,18+,19-,21+/m1/s1. The second kappa shape index (κ2) is 9.72. The lowest BCUT2D eigenvalue weighted by molar-refractivity contribution is -0.278. The van der Waals surface area contributed by atoms with E-state index >= 15 is 0 Å². The van der Waals surface area contributed by atoms with Crippen molar-refractivity contribution in [3.8, 4) is 11.6 Å². The Morgan fingerprint density at radius 2 is 1.90 bits per heavy atom. The fourth-order valence-corrected chi connectivity index (χ4v) is 3.91. The summed E-state index contributed by atoms with van der Waals surface area (Å²) in [7, 11) is 1.55. The van der Waals surface area contributed by atoms with Gasteiger partial charge in [0.15, 0.2) is 0 Å². The molecule has 1 unspecified atom stereocenters. The molecule has 2 aromatic rings. The number of hydrogen-bond donors (Lipinski definition) is 4. The van der Waals surface area contributed by atoms with Gasteiger partial charge in [-0.05, 0) is 38.5 Å². The number of aromatic nitrogens is 2. The monoisotopic (exact) mass is 456 g/mol. The number of methoxy groups -OCH3 is 1. The van der Waals surface area contributed by atoms with E-state index in [2.05, 4.69) is 5.10 Å². The first-order chi connectivity index (χ1) is 14.7. The third kappa shape index (κ3) is 4.82. The van der Waals surface area contributed by atoms with Crippen LogP contribution in [0.4, 0.5) is 0 Å². The average molecular weight is 457 g/mol. The van der Waals surface area contributed by atoms with Crippen LogP contribution in [0.3, 0.4) is 0 Å². The Labute approximate surface area is 185 Å². The summed E-state index contributed by atoms with van der Waals surface area (Å²) in [6.45, 7) is 5.33. The number of halogens is 1. The molecule has 0 bridgehead atoms. The second-order valence-corrected chi connectivity index (χ2v) is 8.28. The summed E-state index contributed by atoms with van der Waals surface area (Å²) in [5.41, 5.74) is 2.52. The Kier molecular flexibility index (Phi) is 7.46. The zero-order chi connectivity index (χ0) is 22.9. The van der Waals surface area contributed by atoms with E-state index in [-0.39, 0.29) is 11.9 Å². The number of aliphatic hydroxyl groups excluding tert-OH is 4. The highest BCUT2D eigenvalue weighted by Gasteiger charge is 2.45. The fourth-order valence-electron chi connectivity index (χ4n) is 3.63. The summed E-state index contributed by atoms with van der Waals surface area (Å²) in [5, 5.41) is 44.8. The third-order valence-corrected chi connectivity index (χ3v) is 5.69. The highest BCUT2D eigenvalue weighted by molar-refractivity contribution is 6.32. The second-order valence-electron chi connectivity index (χ2n) is 7.87. The third-order valence-electron chi connectivity index (χ3n) is 5.40. The van der Waals surface area contributed by atoms with Gasteiger partial charge in [-0.25, -0.2) is 0 Å². The maximum Gasteiger partial charge on any atom is 0.239 e. The van der Waals surface area contributed by atoms with Crippen LogP contribution in [-0.2, 0) is 11.2 Å². The Bertz CT molecular complexity index is 902. The topological polar surface area (TPSA) is 126 Å². The van der Waals surface area contributed by atoms with Crippen LogP contribution in [0.2, 0.25) is 5.02 Å². The van der Waals surface area contributed by atoms with Crippen molar-refractivity contribution in [1.82, 2.24) is 9.78 Å². The van der Waals surface area contributed by atoms with Gasteiger partial charge in [-0.2, -0.15) is 0 Å². The smallest absolute Gasteiger partial charge is 0.239 e. The fraction of sp³-hybridized carbons (Fsp3) is 0.571. The van der Waals surface area contributed by atoms with E-state index in [9.17, 15) is 20.4 Å². The minimum atomic E-state index is -1.53. The van der Waals surface area contributed by atoms with Gasteiger partial charge in [0.2, 0.25) is 12.2 Å². The van der Waals surface area contributed by atoms with Crippen LogP contribution in [0.5, 0.6) is 11.6 Å². The van der Waals surface area contributed by atoms with Crippen molar-refractivity contribution < 1.29 is 34.6 Å². The van der Waals surface area contributed by atoms with Crippen LogP contribution in [-0.4, -0.2) is 74.6 Å². The highest BCUT2D eigenvalue weighted by atomic mass is 35.5.